The van der Waals surface area contributed by atoms with E-state index in [9.17, 15) is 9.36 Å². The van der Waals surface area contributed by atoms with Gasteiger partial charge in [-0.15, -0.1) is 0 Å². The third-order valence-corrected chi connectivity index (χ3v) is 5.87. The van der Waals surface area contributed by atoms with Crippen LogP contribution in [0.3, 0.4) is 0 Å². The molecule has 2 aromatic carbocycles. The van der Waals surface area contributed by atoms with Gasteiger partial charge in [0.1, 0.15) is 11.8 Å². The normalized spacial score (nSPS) is 14.5. The van der Waals surface area contributed by atoms with Crippen LogP contribution >= 0.6 is 7.75 Å². The van der Waals surface area contributed by atoms with Gasteiger partial charge < -0.3 is 9.26 Å². The van der Waals surface area contributed by atoms with Crippen molar-refractivity contribution in [2.45, 2.75) is 53.0 Å². The standard InChI is InChI=1S/C22H32NO5P/c1-5-6-9-15-26-22(24)18(4)23-29(25,27-16-17(2)3)28-21-14-10-12-19-11-7-8-13-20(19)21/h7-8,10-14,17-18H,5-6,9,15-16H2,1-4H3,(H,23,25). The zero-order chi connectivity index (χ0) is 21.3. The zero-order valence-corrected chi connectivity index (χ0v) is 18.6. The molecule has 0 amide bonds. The van der Waals surface area contributed by atoms with Gasteiger partial charge in [0.2, 0.25) is 0 Å². The van der Waals surface area contributed by atoms with Crippen LogP contribution in [0, 0.1) is 5.92 Å². The van der Waals surface area contributed by atoms with Gasteiger partial charge in [0, 0.05) is 5.39 Å². The van der Waals surface area contributed by atoms with E-state index in [1.807, 2.05) is 50.2 Å². The van der Waals surface area contributed by atoms with Gasteiger partial charge in [-0.3, -0.25) is 9.32 Å². The van der Waals surface area contributed by atoms with Crippen LogP contribution in [0.15, 0.2) is 42.5 Å². The maximum absolute atomic E-state index is 13.5. The molecular formula is C22H32NO5P. The quantitative estimate of drug-likeness (QED) is 0.269. The van der Waals surface area contributed by atoms with E-state index in [-0.39, 0.29) is 12.5 Å². The molecule has 29 heavy (non-hydrogen) atoms. The number of benzene rings is 2. The highest BCUT2D eigenvalue weighted by molar-refractivity contribution is 7.52. The van der Waals surface area contributed by atoms with Crippen molar-refractivity contribution in [1.82, 2.24) is 5.09 Å². The Morgan fingerprint density at radius 1 is 1.07 bits per heavy atom. The Morgan fingerprint density at radius 2 is 1.79 bits per heavy atom. The Hall–Kier alpha value is -1.88. The van der Waals surface area contributed by atoms with Crippen LogP contribution in [0.1, 0.15) is 47.0 Å². The molecule has 7 heteroatoms. The molecule has 0 aliphatic rings. The number of nitrogens with one attached hydrogen (secondary N) is 1. The minimum absolute atomic E-state index is 0.151. The summed E-state index contributed by atoms with van der Waals surface area (Å²) in [5, 5.41) is 4.52. The number of carbonyl (C=O) groups is 1. The van der Waals surface area contributed by atoms with E-state index in [1.165, 1.54) is 0 Å². The van der Waals surface area contributed by atoms with Gasteiger partial charge in [-0.25, -0.2) is 4.57 Å². The number of unbranched alkanes of at least 4 members (excludes halogenated alkanes) is 2. The zero-order valence-electron chi connectivity index (χ0n) is 17.7. The van der Waals surface area contributed by atoms with E-state index in [0.717, 1.165) is 30.0 Å². The van der Waals surface area contributed by atoms with Crippen molar-refractivity contribution in [2.24, 2.45) is 5.92 Å². The van der Waals surface area contributed by atoms with Crippen LogP contribution in [0.25, 0.3) is 10.8 Å². The number of carbonyl (C=O) groups excluding carboxylic acids is 1. The van der Waals surface area contributed by atoms with E-state index in [4.69, 9.17) is 13.8 Å². The second-order valence-corrected chi connectivity index (χ2v) is 9.17. The summed E-state index contributed by atoms with van der Waals surface area (Å²) in [6.07, 6.45) is 2.85. The average Bonchev–Trinajstić information content (AvgIpc) is 2.70. The molecule has 2 unspecified atom stereocenters. The molecule has 0 aromatic heterocycles. The second-order valence-electron chi connectivity index (χ2n) is 7.48. The largest absolute Gasteiger partial charge is 0.465 e. The fraction of sp³-hybridized carbons (Fsp3) is 0.500. The Morgan fingerprint density at radius 3 is 2.52 bits per heavy atom. The fourth-order valence-corrected chi connectivity index (χ4v) is 4.35. The summed E-state index contributed by atoms with van der Waals surface area (Å²) in [6.45, 7) is 8.16. The molecule has 6 nitrogen and oxygen atoms in total. The Bertz CT molecular complexity index is 834. The molecule has 0 heterocycles. The first-order valence-electron chi connectivity index (χ1n) is 10.2. The SMILES string of the molecule is CCCCCOC(=O)C(C)NP(=O)(OCC(C)C)Oc1cccc2ccccc12. The molecule has 0 saturated heterocycles. The summed E-state index contributed by atoms with van der Waals surface area (Å²) in [6, 6.07) is 12.3. The lowest BCUT2D eigenvalue weighted by atomic mass is 10.1. The van der Waals surface area contributed by atoms with Crippen molar-refractivity contribution < 1.29 is 23.1 Å². The van der Waals surface area contributed by atoms with Crippen LogP contribution in [0.2, 0.25) is 0 Å². The Balaban J connectivity index is 2.15. The van der Waals surface area contributed by atoms with Gasteiger partial charge in [-0.05, 0) is 30.7 Å². The van der Waals surface area contributed by atoms with E-state index in [2.05, 4.69) is 12.0 Å². The minimum Gasteiger partial charge on any atom is -0.465 e. The number of hydrogen-bond donors (Lipinski definition) is 1. The van der Waals surface area contributed by atoms with Crippen molar-refractivity contribution in [2.75, 3.05) is 13.2 Å². The van der Waals surface area contributed by atoms with E-state index < -0.39 is 19.8 Å². The van der Waals surface area contributed by atoms with Gasteiger partial charge in [-0.2, -0.15) is 5.09 Å². The first kappa shape index (κ1) is 23.4. The van der Waals surface area contributed by atoms with Gasteiger partial charge in [0.25, 0.3) is 0 Å². The summed E-state index contributed by atoms with van der Waals surface area (Å²) < 4.78 is 30.2. The summed E-state index contributed by atoms with van der Waals surface area (Å²) in [5.41, 5.74) is 0. The van der Waals surface area contributed by atoms with Crippen molar-refractivity contribution in [3.8, 4) is 5.75 Å². The third kappa shape index (κ3) is 7.46. The van der Waals surface area contributed by atoms with Crippen LogP contribution in [-0.4, -0.2) is 25.2 Å². The Kier molecular flexibility index (Phi) is 9.15. The summed E-state index contributed by atoms with van der Waals surface area (Å²) in [5.74, 6) is 0.111. The van der Waals surface area contributed by atoms with Crippen molar-refractivity contribution >= 4 is 24.5 Å². The maximum atomic E-state index is 13.5. The average molecular weight is 421 g/mol. The van der Waals surface area contributed by atoms with Crippen LogP contribution < -0.4 is 9.61 Å². The summed E-state index contributed by atoms with van der Waals surface area (Å²) in [4.78, 5) is 12.3. The first-order chi connectivity index (χ1) is 13.8. The lowest BCUT2D eigenvalue weighted by molar-refractivity contribution is -0.145. The van der Waals surface area contributed by atoms with E-state index >= 15 is 0 Å². The monoisotopic (exact) mass is 421 g/mol. The lowest BCUT2D eigenvalue weighted by Crippen LogP contribution is -2.35. The lowest BCUT2D eigenvalue weighted by Gasteiger charge is -2.24. The number of ether oxygens (including phenoxy) is 1. The molecular weight excluding hydrogens is 389 g/mol. The minimum atomic E-state index is -3.81. The predicted molar refractivity (Wildman–Crippen MR) is 116 cm³/mol. The maximum Gasteiger partial charge on any atom is 0.459 e. The predicted octanol–water partition coefficient (Wildman–Crippen LogP) is 5.71. The smallest absolute Gasteiger partial charge is 0.459 e. The molecule has 2 rings (SSSR count). The van der Waals surface area contributed by atoms with Crippen molar-refractivity contribution in [1.29, 1.82) is 0 Å². The molecule has 0 fully saturated rings. The highest BCUT2D eigenvalue weighted by Gasteiger charge is 2.32. The van der Waals surface area contributed by atoms with E-state index in [1.54, 1.807) is 13.0 Å². The number of hydrogen-bond acceptors (Lipinski definition) is 5. The molecule has 0 saturated carbocycles. The highest BCUT2D eigenvalue weighted by atomic mass is 31.2. The first-order valence-corrected chi connectivity index (χ1v) is 11.7. The molecule has 0 spiro atoms. The Labute approximate surface area is 173 Å². The van der Waals surface area contributed by atoms with Gasteiger partial charge in [0.05, 0.1) is 13.2 Å². The van der Waals surface area contributed by atoms with Crippen LogP contribution in [0.4, 0.5) is 0 Å². The third-order valence-electron chi connectivity index (χ3n) is 4.24. The van der Waals surface area contributed by atoms with E-state index in [0.29, 0.717) is 12.4 Å². The molecule has 2 aromatic rings. The molecule has 160 valence electrons. The molecule has 0 radical (unpaired) electrons. The summed E-state index contributed by atoms with van der Waals surface area (Å²) >= 11 is 0. The van der Waals surface area contributed by atoms with Crippen molar-refractivity contribution in [3.63, 3.8) is 0 Å². The number of rotatable bonds is 12. The highest BCUT2D eigenvalue weighted by Crippen LogP contribution is 2.47. The molecule has 0 bridgehead atoms. The molecule has 2 atom stereocenters. The second kappa shape index (κ2) is 11.3. The van der Waals surface area contributed by atoms with Crippen LogP contribution in [0.5, 0.6) is 5.75 Å². The fourth-order valence-electron chi connectivity index (χ4n) is 2.68. The summed E-state index contributed by atoms with van der Waals surface area (Å²) in [7, 11) is -3.81. The number of esters is 1. The van der Waals surface area contributed by atoms with Crippen LogP contribution in [-0.2, 0) is 18.6 Å². The van der Waals surface area contributed by atoms with Gasteiger partial charge in [0.15, 0.2) is 0 Å². The molecule has 1 N–H and O–H groups in total. The van der Waals surface area contributed by atoms with Gasteiger partial charge in [-0.1, -0.05) is 70.0 Å². The van der Waals surface area contributed by atoms with Crippen molar-refractivity contribution in [3.05, 3.63) is 42.5 Å². The topological polar surface area (TPSA) is 73.9 Å². The molecule has 0 aliphatic carbocycles. The number of fused-ring (bicyclic) bond motifs is 1. The van der Waals surface area contributed by atoms with Gasteiger partial charge >= 0.3 is 13.7 Å². The molecule has 0 aliphatic heterocycles.